The number of nitrogens with zero attached hydrogens (tertiary/aromatic N) is 1. The molecule has 1 fully saturated rings. The van der Waals surface area contributed by atoms with Crippen LogP contribution in [0.4, 0.5) is 0 Å². The van der Waals surface area contributed by atoms with Crippen molar-refractivity contribution in [1.29, 1.82) is 0 Å². The molecule has 110 valence electrons. The molecule has 1 atom stereocenters. The minimum Gasteiger partial charge on any atom is -0.449 e. The summed E-state index contributed by atoms with van der Waals surface area (Å²) in [7, 11) is 0. The van der Waals surface area contributed by atoms with E-state index >= 15 is 0 Å². The van der Waals surface area contributed by atoms with Crippen LogP contribution in [0.1, 0.15) is 19.3 Å². The summed E-state index contributed by atoms with van der Waals surface area (Å²) in [4.78, 5) is 57.4. The molecular weight excluding hydrogens is 504 g/mol. The molecule has 0 aromatic heterocycles. The van der Waals surface area contributed by atoms with E-state index in [4.69, 9.17) is 4.74 Å². The first-order chi connectivity index (χ1) is 9.49. The fourth-order valence-corrected chi connectivity index (χ4v) is 1.92. The van der Waals surface area contributed by atoms with Gasteiger partial charge in [-0.3, -0.25) is 24.1 Å². The van der Waals surface area contributed by atoms with Crippen LogP contribution in [0.3, 0.4) is 0 Å². The predicted octanol–water partition coefficient (Wildman–Crippen LogP) is -0.650. The van der Waals surface area contributed by atoms with E-state index in [0.29, 0.717) is 0 Å². The second-order valence-electron chi connectivity index (χ2n) is 4.41. The van der Waals surface area contributed by atoms with E-state index < -0.39 is 35.5 Å². The molecule has 1 aliphatic heterocycles. The summed E-state index contributed by atoms with van der Waals surface area (Å²) in [5.74, 6) is -2.47. The molecule has 21 heavy (non-hydrogen) atoms. The summed E-state index contributed by atoms with van der Waals surface area (Å²) < 4.78 is 4.78. The van der Waals surface area contributed by atoms with E-state index in [1.807, 2.05) is 0 Å². The third-order valence-corrected chi connectivity index (χ3v) is 2.97. The van der Waals surface area contributed by atoms with Gasteiger partial charge in [-0.1, -0.05) is 6.42 Å². The number of amides is 2. The molecule has 0 aromatic rings. The number of ketones is 2. The van der Waals surface area contributed by atoms with Crippen molar-refractivity contribution in [2.24, 2.45) is 0 Å². The molecule has 2 rings (SSSR count). The van der Waals surface area contributed by atoms with Crippen molar-refractivity contribution in [3.05, 3.63) is 18.6 Å². The fourth-order valence-electron chi connectivity index (χ4n) is 1.92. The molecule has 0 aromatic carbocycles. The molecular formula is C13H12NO6U-. The monoisotopic (exact) mass is 516 g/mol. The first kappa shape index (κ1) is 17.7. The normalized spacial score (nSPS) is 20.6. The first-order valence-electron chi connectivity index (χ1n) is 6.12. The molecule has 2 aliphatic rings. The third kappa shape index (κ3) is 4.29. The molecule has 0 spiro atoms. The van der Waals surface area contributed by atoms with Gasteiger partial charge in [0, 0.05) is 62.0 Å². The number of Topliss-reactive ketones (excluding diaryl/α,β-unsaturated/α-hetero) is 2. The van der Waals surface area contributed by atoms with Gasteiger partial charge in [0.2, 0.25) is 0 Å². The zero-order valence-corrected chi connectivity index (χ0v) is 15.2. The van der Waals surface area contributed by atoms with E-state index in [2.05, 4.69) is 0 Å². The first-order valence-corrected chi connectivity index (χ1v) is 6.12. The van der Waals surface area contributed by atoms with Gasteiger partial charge in [-0.15, -0.1) is 0 Å². The molecule has 1 aliphatic carbocycles. The standard InChI is InChI=1S/C13H12NO6.U/c15-8-3-4-9(16)13(8)20-12(19)2-1-7-14-10(17)5-6-11(14)18;/h3,5-6,13H,1-2,4,7H2;/q-1;. The van der Waals surface area contributed by atoms with E-state index in [-0.39, 0.29) is 56.9 Å². The van der Waals surface area contributed by atoms with Gasteiger partial charge < -0.3 is 16.0 Å². The Kier molecular flexibility index (Phi) is 6.37. The van der Waals surface area contributed by atoms with Gasteiger partial charge in [0.05, 0.1) is 0 Å². The summed E-state index contributed by atoms with van der Waals surface area (Å²) >= 11 is 0. The summed E-state index contributed by atoms with van der Waals surface area (Å²) in [6, 6.07) is 0. The van der Waals surface area contributed by atoms with Crippen molar-refractivity contribution in [2.75, 3.05) is 6.54 Å². The van der Waals surface area contributed by atoms with Gasteiger partial charge in [-0.25, -0.2) is 0 Å². The van der Waals surface area contributed by atoms with Crippen LogP contribution in [0, 0.1) is 37.5 Å². The van der Waals surface area contributed by atoms with Crippen molar-refractivity contribution in [1.82, 2.24) is 4.90 Å². The Hall–Kier alpha value is -1.39. The number of carbonyl (C=O) groups is 5. The van der Waals surface area contributed by atoms with Crippen molar-refractivity contribution < 1.29 is 59.8 Å². The number of rotatable bonds is 5. The number of ether oxygens (including phenoxy) is 1. The number of imide groups is 1. The van der Waals surface area contributed by atoms with Crippen molar-refractivity contribution >= 4 is 29.4 Å². The Morgan fingerprint density at radius 3 is 2.38 bits per heavy atom. The summed E-state index contributed by atoms with van der Waals surface area (Å²) in [6.45, 7) is 0.0957. The summed E-state index contributed by atoms with van der Waals surface area (Å²) in [6.07, 6.45) is 2.32. The van der Waals surface area contributed by atoms with Crippen LogP contribution in [0.15, 0.2) is 12.2 Å². The number of carbonyl (C=O) groups excluding carboxylic acids is 5. The predicted molar refractivity (Wildman–Crippen MR) is 63.9 cm³/mol. The quantitative estimate of drug-likeness (QED) is 0.209. The maximum atomic E-state index is 11.5. The van der Waals surface area contributed by atoms with E-state index in [9.17, 15) is 24.0 Å². The molecule has 2 amide bonds. The zero-order chi connectivity index (χ0) is 14.7. The van der Waals surface area contributed by atoms with Crippen LogP contribution in [-0.2, 0) is 28.7 Å². The van der Waals surface area contributed by atoms with Gasteiger partial charge >= 0.3 is 5.97 Å². The number of esters is 1. The van der Waals surface area contributed by atoms with Crippen molar-refractivity contribution in [2.45, 2.75) is 25.4 Å². The molecule has 0 N–H and O–H groups in total. The van der Waals surface area contributed by atoms with Gasteiger partial charge in [-0.05, 0) is 6.42 Å². The van der Waals surface area contributed by atoms with Crippen LogP contribution in [0.5, 0.6) is 0 Å². The van der Waals surface area contributed by atoms with E-state index in [1.165, 1.54) is 6.42 Å². The fraction of sp³-hybridized carbons (Fsp3) is 0.385. The van der Waals surface area contributed by atoms with E-state index in [0.717, 1.165) is 17.1 Å². The topological polar surface area (TPSA) is 97.8 Å². The van der Waals surface area contributed by atoms with Crippen molar-refractivity contribution in [3.63, 3.8) is 0 Å². The molecule has 7 nitrogen and oxygen atoms in total. The molecule has 1 saturated carbocycles. The molecule has 0 radical (unpaired) electrons. The Morgan fingerprint density at radius 1 is 1.24 bits per heavy atom. The Morgan fingerprint density at radius 2 is 1.86 bits per heavy atom. The molecule has 0 bridgehead atoms. The minimum atomic E-state index is -1.32. The Balaban J connectivity index is 0.00000220. The average molecular weight is 516 g/mol. The largest absolute Gasteiger partial charge is 0.449 e. The molecule has 8 heteroatoms. The van der Waals surface area contributed by atoms with Gasteiger partial charge in [0.15, 0.2) is 11.9 Å². The van der Waals surface area contributed by atoms with Crippen LogP contribution < -0.4 is 0 Å². The molecule has 0 saturated heterocycles. The molecule has 1 heterocycles. The Labute approximate surface area is 144 Å². The zero-order valence-electron chi connectivity index (χ0n) is 11.0. The second kappa shape index (κ2) is 7.57. The maximum absolute atomic E-state index is 11.5. The van der Waals surface area contributed by atoms with Crippen LogP contribution in [0.2, 0.25) is 0 Å². The van der Waals surface area contributed by atoms with Crippen molar-refractivity contribution in [3.8, 4) is 0 Å². The van der Waals surface area contributed by atoms with Gasteiger partial charge in [-0.2, -0.15) is 0 Å². The van der Waals surface area contributed by atoms with Gasteiger partial charge in [0.25, 0.3) is 11.8 Å². The Bertz CT molecular complexity index is 493. The number of hydrogen-bond acceptors (Lipinski definition) is 6. The summed E-state index contributed by atoms with van der Waals surface area (Å²) in [5, 5.41) is 0. The third-order valence-electron chi connectivity index (χ3n) is 2.97. The van der Waals surface area contributed by atoms with Crippen LogP contribution in [-0.4, -0.2) is 46.9 Å². The summed E-state index contributed by atoms with van der Waals surface area (Å²) in [5.41, 5.74) is 0. The number of hydrogen-bond donors (Lipinski definition) is 0. The maximum Gasteiger partial charge on any atom is 0.306 e. The van der Waals surface area contributed by atoms with Crippen LogP contribution in [0.25, 0.3) is 0 Å². The second-order valence-corrected chi connectivity index (χ2v) is 4.41. The minimum absolute atomic E-state index is 0. The SMILES string of the molecule is O=C(CCCN1C(=O)C=CC1=O)OC1C(=O)[CH-]CC1=O.[U]. The van der Waals surface area contributed by atoms with Crippen LogP contribution >= 0.6 is 0 Å². The smallest absolute Gasteiger partial charge is 0.306 e. The van der Waals surface area contributed by atoms with Gasteiger partial charge in [0.1, 0.15) is 0 Å². The average Bonchev–Trinajstić information content (AvgIpc) is 2.88. The molecule has 1 unspecified atom stereocenters. The van der Waals surface area contributed by atoms with E-state index in [1.54, 1.807) is 0 Å².